The summed E-state index contributed by atoms with van der Waals surface area (Å²) < 4.78 is 32.6. The first-order valence-corrected chi connectivity index (χ1v) is 9.28. The number of ether oxygens (including phenoxy) is 1. The molecule has 2 atom stereocenters. The lowest BCUT2D eigenvalue weighted by molar-refractivity contribution is -0.144. The third-order valence-corrected chi connectivity index (χ3v) is 6.39. The highest BCUT2D eigenvalue weighted by atomic mass is 32.2. The van der Waals surface area contributed by atoms with Crippen molar-refractivity contribution in [2.24, 2.45) is 0 Å². The van der Waals surface area contributed by atoms with Gasteiger partial charge in [-0.25, -0.2) is 8.42 Å². The topological polar surface area (TPSA) is 63.7 Å². The van der Waals surface area contributed by atoms with Gasteiger partial charge in [-0.1, -0.05) is 23.3 Å². The molecule has 1 aromatic carbocycles. The maximum atomic E-state index is 12.9. The smallest absolute Gasteiger partial charge is 0.303 e. The number of hydrogen-bond acceptors (Lipinski definition) is 4. The first-order valence-electron chi connectivity index (χ1n) is 7.84. The summed E-state index contributed by atoms with van der Waals surface area (Å²) in [5, 5.41) is 0. The van der Waals surface area contributed by atoms with Crippen molar-refractivity contribution in [3.63, 3.8) is 0 Å². The van der Waals surface area contributed by atoms with Crippen molar-refractivity contribution in [3.05, 3.63) is 41.5 Å². The molecule has 0 N–H and O–H groups in total. The Balaban J connectivity index is 1.83. The molecule has 0 bridgehead atoms. The number of aryl methyl sites for hydroxylation is 1. The molecule has 0 unspecified atom stereocenters. The van der Waals surface area contributed by atoms with Crippen LogP contribution in [0.15, 0.2) is 40.8 Å². The van der Waals surface area contributed by atoms with Gasteiger partial charge in [-0.15, -0.1) is 0 Å². The fraction of sp³-hybridized carbons (Fsp3) is 0.471. The average Bonchev–Trinajstić information content (AvgIpc) is 2.91. The molecule has 0 amide bonds. The number of hydrogen-bond donors (Lipinski definition) is 0. The highest BCUT2D eigenvalue weighted by Gasteiger charge is 2.40. The van der Waals surface area contributed by atoms with E-state index in [4.69, 9.17) is 4.74 Å². The Morgan fingerprint density at radius 3 is 2.57 bits per heavy atom. The van der Waals surface area contributed by atoms with Crippen LogP contribution in [0.25, 0.3) is 0 Å². The highest BCUT2D eigenvalue weighted by Crippen LogP contribution is 2.36. The fourth-order valence-electron chi connectivity index (χ4n) is 3.35. The molecule has 1 aromatic rings. The van der Waals surface area contributed by atoms with Gasteiger partial charge in [0, 0.05) is 19.5 Å². The Bertz CT molecular complexity index is 736. The molecule has 1 fully saturated rings. The van der Waals surface area contributed by atoms with Gasteiger partial charge in [-0.05, 0) is 44.4 Å². The van der Waals surface area contributed by atoms with Crippen LogP contribution in [0.3, 0.4) is 0 Å². The SMILES string of the molecule is CC(=O)O[C@H]1C=C2CCN(S(=O)(=O)c3ccc(C)cc3)[C@@H]2CC1. The molecule has 0 aromatic heterocycles. The fourth-order valence-corrected chi connectivity index (χ4v) is 5.01. The molecule has 5 nitrogen and oxygen atoms in total. The van der Waals surface area contributed by atoms with Crippen LogP contribution in [-0.4, -0.2) is 37.4 Å². The van der Waals surface area contributed by atoms with Crippen LogP contribution in [0.1, 0.15) is 31.7 Å². The lowest BCUT2D eigenvalue weighted by Crippen LogP contribution is -2.38. The van der Waals surface area contributed by atoms with E-state index in [-0.39, 0.29) is 18.1 Å². The van der Waals surface area contributed by atoms with E-state index in [1.54, 1.807) is 16.4 Å². The number of sulfonamides is 1. The second kappa shape index (κ2) is 6.09. The monoisotopic (exact) mass is 335 g/mol. The second-order valence-corrected chi connectivity index (χ2v) is 8.05. The quantitative estimate of drug-likeness (QED) is 0.628. The summed E-state index contributed by atoms with van der Waals surface area (Å²) in [7, 11) is -3.48. The van der Waals surface area contributed by atoms with Gasteiger partial charge in [0.05, 0.1) is 4.90 Å². The van der Waals surface area contributed by atoms with E-state index in [9.17, 15) is 13.2 Å². The Hall–Kier alpha value is -1.66. The molecule has 1 aliphatic carbocycles. The lowest BCUT2D eigenvalue weighted by atomic mass is 9.93. The Labute approximate surface area is 137 Å². The van der Waals surface area contributed by atoms with Crippen molar-refractivity contribution >= 4 is 16.0 Å². The van der Waals surface area contributed by atoms with Crippen LogP contribution in [-0.2, 0) is 19.6 Å². The van der Waals surface area contributed by atoms with E-state index in [0.29, 0.717) is 30.7 Å². The van der Waals surface area contributed by atoms with Crippen LogP contribution in [0.2, 0.25) is 0 Å². The minimum atomic E-state index is -3.48. The molecule has 1 saturated heterocycles. The minimum absolute atomic E-state index is 0.104. The van der Waals surface area contributed by atoms with Gasteiger partial charge in [0.2, 0.25) is 10.0 Å². The zero-order valence-corrected chi connectivity index (χ0v) is 14.2. The molecule has 6 heteroatoms. The summed E-state index contributed by atoms with van der Waals surface area (Å²) in [6.45, 7) is 3.82. The first kappa shape index (κ1) is 16.2. The average molecular weight is 335 g/mol. The van der Waals surface area contributed by atoms with Crippen LogP contribution in [0.4, 0.5) is 0 Å². The number of carbonyl (C=O) groups excluding carboxylic acids is 1. The Morgan fingerprint density at radius 1 is 1.22 bits per heavy atom. The Morgan fingerprint density at radius 2 is 1.91 bits per heavy atom. The maximum absolute atomic E-state index is 12.9. The first-order chi connectivity index (χ1) is 10.9. The van der Waals surface area contributed by atoms with Crippen LogP contribution < -0.4 is 0 Å². The molecule has 2 aliphatic rings. The van der Waals surface area contributed by atoms with E-state index in [1.165, 1.54) is 6.92 Å². The highest BCUT2D eigenvalue weighted by molar-refractivity contribution is 7.89. The third-order valence-electron chi connectivity index (χ3n) is 4.47. The maximum Gasteiger partial charge on any atom is 0.303 e. The van der Waals surface area contributed by atoms with Crippen molar-refractivity contribution in [2.75, 3.05) is 6.54 Å². The molecule has 0 spiro atoms. The van der Waals surface area contributed by atoms with Gasteiger partial charge in [0.1, 0.15) is 6.10 Å². The van der Waals surface area contributed by atoms with Gasteiger partial charge in [-0.3, -0.25) is 4.79 Å². The van der Waals surface area contributed by atoms with Gasteiger partial charge < -0.3 is 4.74 Å². The summed E-state index contributed by atoms with van der Waals surface area (Å²) in [5.41, 5.74) is 2.10. The molecule has 1 heterocycles. The predicted octanol–water partition coefficient (Wildman–Crippen LogP) is 2.41. The summed E-state index contributed by atoms with van der Waals surface area (Å²) in [5.74, 6) is -0.299. The van der Waals surface area contributed by atoms with Crippen LogP contribution in [0.5, 0.6) is 0 Å². The zero-order valence-electron chi connectivity index (χ0n) is 13.4. The predicted molar refractivity (Wildman–Crippen MR) is 86.3 cm³/mol. The lowest BCUT2D eigenvalue weighted by Gasteiger charge is -2.29. The molecule has 124 valence electrons. The largest absolute Gasteiger partial charge is 0.458 e. The van der Waals surface area contributed by atoms with Crippen molar-refractivity contribution < 1.29 is 17.9 Å². The van der Waals surface area contributed by atoms with Gasteiger partial charge in [0.15, 0.2) is 0 Å². The molecule has 1 aliphatic heterocycles. The number of benzene rings is 1. The number of esters is 1. The van der Waals surface area contributed by atoms with E-state index >= 15 is 0 Å². The molecular formula is C17H21NO4S. The number of rotatable bonds is 3. The standard InChI is InChI=1S/C17H21NO4S/c1-12-3-6-16(7-4-12)23(20,21)18-10-9-14-11-15(22-13(2)19)5-8-17(14)18/h3-4,6-7,11,15,17H,5,8-10H2,1-2H3/t15-,17-/m1/s1. The van der Waals surface area contributed by atoms with E-state index in [2.05, 4.69) is 0 Å². The van der Waals surface area contributed by atoms with E-state index in [0.717, 1.165) is 11.1 Å². The van der Waals surface area contributed by atoms with Crippen molar-refractivity contribution in [3.8, 4) is 0 Å². The minimum Gasteiger partial charge on any atom is -0.458 e. The normalized spacial score (nSPS) is 24.9. The molecule has 0 saturated carbocycles. The van der Waals surface area contributed by atoms with Crippen molar-refractivity contribution in [2.45, 2.75) is 50.2 Å². The van der Waals surface area contributed by atoms with E-state index in [1.807, 2.05) is 25.1 Å². The number of carbonyl (C=O) groups is 1. The van der Waals surface area contributed by atoms with Crippen molar-refractivity contribution in [1.29, 1.82) is 0 Å². The summed E-state index contributed by atoms with van der Waals surface area (Å²) in [6, 6.07) is 6.86. The molecular weight excluding hydrogens is 314 g/mol. The molecule has 23 heavy (non-hydrogen) atoms. The van der Waals surface area contributed by atoms with Gasteiger partial charge in [0.25, 0.3) is 0 Å². The molecule has 0 radical (unpaired) electrons. The zero-order chi connectivity index (χ0) is 16.6. The van der Waals surface area contributed by atoms with Crippen molar-refractivity contribution in [1.82, 2.24) is 4.31 Å². The number of nitrogens with zero attached hydrogens (tertiary/aromatic N) is 1. The van der Waals surface area contributed by atoms with Crippen LogP contribution in [0, 0.1) is 6.92 Å². The third kappa shape index (κ3) is 3.19. The summed E-state index contributed by atoms with van der Waals surface area (Å²) in [6.07, 6.45) is 3.76. The summed E-state index contributed by atoms with van der Waals surface area (Å²) >= 11 is 0. The second-order valence-electron chi connectivity index (χ2n) is 6.16. The van der Waals surface area contributed by atoms with Gasteiger partial charge in [-0.2, -0.15) is 4.31 Å². The van der Waals surface area contributed by atoms with Crippen LogP contribution >= 0.6 is 0 Å². The van der Waals surface area contributed by atoms with E-state index < -0.39 is 10.0 Å². The summed E-state index contributed by atoms with van der Waals surface area (Å²) in [4.78, 5) is 11.4. The molecule has 3 rings (SSSR count). The van der Waals surface area contributed by atoms with Gasteiger partial charge >= 0.3 is 5.97 Å². The number of fused-ring (bicyclic) bond motifs is 1. The Kier molecular flexibility index (Phi) is 4.29.